The molecular weight excluding hydrogens is 817 g/mol. The molecule has 0 saturated carbocycles. The van der Waals surface area contributed by atoms with E-state index >= 15 is 0 Å². The fourth-order valence-corrected chi connectivity index (χ4v) is 6.97. The highest BCUT2D eigenvalue weighted by Gasteiger charge is 2.19. The Balaban J connectivity index is 4.47. The summed E-state index contributed by atoms with van der Waals surface area (Å²) in [5.74, 6) is -1.02. The van der Waals surface area contributed by atoms with Crippen molar-refractivity contribution in [3.63, 3.8) is 0 Å². The number of esters is 3. The maximum atomic E-state index is 12.8. The molecule has 1 unspecified atom stereocenters. The lowest BCUT2D eigenvalue weighted by molar-refractivity contribution is -0.166. The lowest BCUT2D eigenvalue weighted by atomic mass is 10.1. The van der Waals surface area contributed by atoms with Crippen LogP contribution in [0.25, 0.3) is 0 Å². The van der Waals surface area contributed by atoms with Gasteiger partial charge in [0.05, 0.1) is 0 Å². The van der Waals surface area contributed by atoms with E-state index in [0.29, 0.717) is 19.3 Å². The van der Waals surface area contributed by atoms with Gasteiger partial charge in [-0.05, 0) is 103 Å². The SMILES string of the molecule is CC/C=C\C/C=C\C/C=C\C/C=C\C/C=C\C/C=C\CCC(=O)OCC(COC(=O)CCCCCC/C=C\CCCC)OC(=O)CCCCCCCCCCCC/C=C\C=C/CCCCC. The molecule has 0 spiro atoms. The number of hydrogen-bond acceptors (Lipinski definition) is 6. The van der Waals surface area contributed by atoms with Crippen LogP contribution in [0.5, 0.6) is 0 Å². The zero-order valence-electron chi connectivity index (χ0n) is 42.7. The molecular formula is C60H98O6. The largest absolute Gasteiger partial charge is 0.462 e. The predicted octanol–water partition coefficient (Wildman–Crippen LogP) is 17.9. The van der Waals surface area contributed by atoms with Crippen molar-refractivity contribution in [3.8, 4) is 0 Å². The number of hydrogen-bond donors (Lipinski definition) is 0. The summed E-state index contributed by atoms with van der Waals surface area (Å²) in [7, 11) is 0. The van der Waals surface area contributed by atoms with Crippen LogP contribution in [0.1, 0.15) is 233 Å². The van der Waals surface area contributed by atoms with Gasteiger partial charge in [0.25, 0.3) is 0 Å². The minimum atomic E-state index is -0.816. The Hall–Kier alpha value is -3.93. The minimum absolute atomic E-state index is 0.110. The van der Waals surface area contributed by atoms with E-state index in [1.54, 1.807) is 0 Å². The Morgan fingerprint density at radius 3 is 1.15 bits per heavy atom. The fourth-order valence-electron chi connectivity index (χ4n) is 6.97. The molecule has 0 aromatic rings. The van der Waals surface area contributed by atoms with E-state index in [1.807, 2.05) is 6.08 Å². The van der Waals surface area contributed by atoms with Gasteiger partial charge in [0.2, 0.25) is 0 Å². The van der Waals surface area contributed by atoms with Gasteiger partial charge < -0.3 is 14.2 Å². The molecule has 0 N–H and O–H groups in total. The van der Waals surface area contributed by atoms with E-state index in [1.165, 1.54) is 89.9 Å². The van der Waals surface area contributed by atoms with Crippen molar-refractivity contribution >= 4 is 17.9 Å². The molecule has 0 bridgehead atoms. The third-order valence-electron chi connectivity index (χ3n) is 11.0. The summed E-state index contributed by atoms with van der Waals surface area (Å²) in [6.07, 6.45) is 72.3. The smallest absolute Gasteiger partial charge is 0.306 e. The number of allylic oxidation sites excluding steroid dienone is 18. The monoisotopic (exact) mass is 915 g/mol. The Bertz CT molecular complexity index is 1370. The average Bonchev–Trinajstić information content (AvgIpc) is 3.31. The third kappa shape index (κ3) is 51.1. The Morgan fingerprint density at radius 1 is 0.333 bits per heavy atom. The molecule has 1 atom stereocenters. The number of carbonyl (C=O) groups is 3. The zero-order chi connectivity index (χ0) is 47.9. The first-order valence-electron chi connectivity index (χ1n) is 26.9. The van der Waals surface area contributed by atoms with Crippen molar-refractivity contribution < 1.29 is 28.6 Å². The molecule has 6 heteroatoms. The normalized spacial score (nSPS) is 13.0. The van der Waals surface area contributed by atoms with Crippen LogP contribution in [0.3, 0.4) is 0 Å². The molecule has 0 heterocycles. The van der Waals surface area contributed by atoms with E-state index in [-0.39, 0.29) is 37.5 Å². The Morgan fingerprint density at radius 2 is 0.682 bits per heavy atom. The van der Waals surface area contributed by atoms with Crippen LogP contribution >= 0.6 is 0 Å². The molecule has 0 amide bonds. The van der Waals surface area contributed by atoms with E-state index in [2.05, 4.69) is 124 Å². The lowest BCUT2D eigenvalue weighted by Gasteiger charge is -2.18. The van der Waals surface area contributed by atoms with Gasteiger partial charge in [-0.2, -0.15) is 0 Å². The second-order valence-corrected chi connectivity index (χ2v) is 17.4. The highest BCUT2D eigenvalue weighted by Crippen LogP contribution is 2.14. The van der Waals surface area contributed by atoms with E-state index < -0.39 is 6.10 Å². The summed E-state index contributed by atoms with van der Waals surface area (Å²) >= 11 is 0. The molecule has 0 aliphatic heterocycles. The van der Waals surface area contributed by atoms with Crippen molar-refractivity contribution in [1.29, 1.82) is 0 Å². The average molecular weight is 915 g/mol. The summed E-state index contributed by atoms with van der Waals surface area (Å²) in [6, 6.07) is 0. The topological polar surface area (TPSA) is 78.9 Å². The summed E-state index contributed by atoms with van der Waals surface area (Å²) in [5.41, 5.74) is 0. The second kappa shape index (κ2) is 53.7. The summed E-state index contributed by atoms with van der Waals surface area (Å²) in [4.78, 5) is 38.0. The van der Waals surface area contributed by atoms with Gasteiger partial charge in [0, 0.05) is 19.3 Å². The first-order valence-corrected chi connectivity index (χ1v) is 26.9. The van der Waals surface area contributed by atoms with Crippen LogP contribution in [0.4, 0.5) is 0 Å². The molecule has 66 heavy (non-hydrogen) atoms. The molecule has 374 valence electrons. The van der Waals surface area contributed by atoms with Gasteiger partial charge in [0.1, 0.15) is 13.2 Å². The van der Waals surface area contributed by atoms with Gasteiger partial charge in [-0.1, -0.05) is 220 Å². The first-order chi connectivity index (χ1) is 32.5. The quantitative estimate of drug-likeness (QED) is 0.0199. The maximum absolute atomic E-state index is 12.8. The molecule has 0 saturated heterocycles. The number of unbranched alkanes of at least 4 members (excludes halogenated alkanes) is 19. The van der Waals surface area contributed by atoms with E-state index in [4.69, 9.17) is 14.2 Å². The molecule has 0 radical (unpaired) electrons. The Kier molecular flexibility index (Phi) is 50.5. The maximum Gasteiger partial charge on any atom is 0.306 e. The van der Waals surface area contributed by atoms with Crippen molar-refractivity contribution in [1.82, 2.24) is 0 Å². The van der Waals surface area contributed by atoms with Crippen molar-refractivity contribution in [2.75, 3.05) is 13.2 Å². The standard InChI is InChI=1S/C60H98O6/c1-4-7-10-13-16-19-22-24-26-28-30-32-34-36-38-41-44-47-50-53-59(62)65-56-57(55-64-58(61)52-49-46-43-40-21-18-15-12-9-6-3)66-60(63)54-51-48-45-42-39-37-35-33-31-29-27-25-23-20-17-14-11-8-5-2/h7,10,15-20,23-26,30,32,36,38,44,47,57H,4-6,8-9,11-14,21-22,27-29,31,33-35,37,39-43,45-46,48-56H2,1-3H3/b10-7-,18-15-,19-16-,20-17-,25-23-,26-24-,32-30-,38-36-,47-44-. The molecule has 0 aromatic heterocycles. The van der Waals surface area contributed by atoms with E-state index in [0.717, 1.165) is 96.3 Å². The van der Waals surface area contributed by atoms with Gasteiger partial charge in [-0.3, -0.25) is 14.4 Å². The van der Waals surface area contributed by atoms with Crippen LogP contribution in [-0.2, 0) is 28.6 Å². The number of rotatable bonds is 47. The van der Waals surface area contributed by atoms with Gasteiger partial charge in [-0.15, -0.1) is 0 Å². The lowest BCUT2D eigenvalue weighted by Crippen LogP contribution is -2.30. The van der Waals surface area contributed by atoms with Gasteiger partial charge >= 0.3 is 17.9 Å². The predicted molar refractivity (Wildman–Crippen MR) is 283 cm³/mol. The van der Waals surface area contributed by atoms with Crippen LogP contribution in [-0.4, -0.2) is 37.2 Å². The van der Waals surface area contributed by atoms with Gasteiger partial charge in [-0.25, -0.2) is 0 Å². The second-order valence-electron chi connectivity index (χ2n) is 17.4. The molecule has 6 nitrogen and oxygen atoms in total. The molecule has 0 fully saturated rings. The van der Waals surface area contributed by atoms with E-state index in [9.17, 15) is 14.4 Å². The van der Waals surface area contributed by atoms with Crippen LogP contribution in [0, 0.1) is 0 Å². The zero-order valence-corrected chi connectivity index (χ0v) is 42.7. The highest BCUT2D eigenvalue weighted by molar-refractivity contribution is 5.71. The molecule has 0 aliphatic rings. The van der Waals surface area contributed by atoms with Gasteiger partial charge in [0.15, 0.2) is 6.10 Å². The first kappa shape index (κ1) is 62.1. The van der Waals surface area contributed by atoms with Crippen molar-refractivity contribution in [3.05, 3.63) is 109 Å². The minimum Gasteiger partial charge on any atom is -0.462 e. The van der Waals surface area contributed by atoms with Crippen molar-refractivity contribution in [2.45, 2.75) is 239 Å². The summed E-state index contributed by atoms with van der Waals surface area (Å²) < 4.78 is 16.7. The Labute approximate surface area is 406 Å². The van der Waals surface area contributed by atoms with Crippen molar-refractivity contribution in [2.24, 2.45) is 0 Å². The number of ether oxygens (including phenoxy) is 3. The van der Waals surface area contributed by atoms with Crippen LogP contribution < -0.4 is 0 Å². The van der Waals surface area contributed by atoms with Crippen LogP contribution in [0.15, 0.2) is 109 Å². The number of carbonyl (C=O) groups excluding carboxylic acids is 3. The van der Waals surface area contributed by atoms with Crippen LogP contribution in [0.2, 0.25) is 0 Å². The molecule has 0 aliphatic carbocycles. The fraction of sp³-hybridized carbons (Fsp3) is 0.650. The summed E-state index contributed by atoms with van der Waals surface area (Å²) in [5, 5.41) is 0. The highest BCUT2D eigenvalue weighted by atomic mass is 16.6. The summed E-state index contributed by atoms with van der Waals surface area (Å²) in [6.45, 7) is 6.37. The molecule has 0 rings (SSSR count). The third-order valence-corrected chi connectivity index (χ3v) is 11.0. The molecule has 0 aromatic carbocycles.